The van der Waals surface area contributed by atoms with Gasteiger partial charge in [-0.3, -0.25) is 0 Å². The Labute approximate surface area is 121 Å². The molecule has 10 atom stereocenters. The van der Waals surface area contributed by atoms with Crippen molar-refractivity contribution in [2.75, 3.05) is 0 Å². The zero-order valence-electron chi connectivity index (χ0n) is 11.7. The molecular formula is C12H22O9. The van der Waals surface area contributed by atoms with Gasteiger partial charge in [0.1, 0.15) is 36.6 Å². The van der Waals surface area contributed by atoms with Gasteiger partial charge in [0.05, 0.1) is 12.2 Å². The molecule has 0 aromatic carbocycles. The van der Waals surface area contributed by atoms with Crippen molar-refractivity contribution in [1.82, 2.24) is 0 Å². The third-order valence-corrected chi connectivity index (χ3v) is 3.90. The summed E-state index contributed by atoms with van der Waals surface area (Å²) in [7, 11) is 0. The highest BCUT2D eigenvalue weighted by Gasteiger charge is 2.48. The third kappa shape index (κ3) is 3.21. The predicted molar refractivity (Wildman–Crippen MR) is 65.8 cm³/mol. The molecule has 6 N–H and O–H groups in total. The van der Waals surface area contributed by atoms with Crippen molar-refractivity contribution in [3.63, 3.8) is 0 Å². The van der Waals surface area contributed by atoms with E-state index >= 15 is 0 Å². The lowest BCUT2D eigenvalue weighted by Gasteiger charge is -2.44. The second-order valence-electron chi connectivity index (χ2n) is 5.50. The molecule has 0 saturated carbocycles. The molecule has 21 heavy (non-hydrogen) atoms. The van der Waals surface area contributed by atoms with E-state index in [0.29, 0.717) is 0 Å². The number of hydrogen-bond donors (Lipinski definition) is 6. The topological polar surface area (TPSA) is 149 Å². The maximum absolute atomic E-state index is 9.91. The molecule has 0 aromatic rings. The molecule has 2 heterocycles. The second-order valence-corrected chi connectivity index (χ2v) is 5.50. The lowest BCUT2D eigenvalue weighted by Crippen LogP contribution is -2.62. The van der Waals surface area contributed by atoms with Gasteiger partial charge < -0.3 is 44.8 Å². The first kappa shape index (κ1) is 17.0. The average molecular weight is 310 g/mol. The number of ether oxygens (including phenoxy) is 3. The molecule has 9 heteroatoms. The third-order valence-electron chi connectivity index (χ3n) is 3.90. The Bertz CT molecular complexity index is 354. The van der Waals surface area contributed by atoms with Crippen LogP contribution in [0.4, 0.5) is 0 Å². The van der Waals surface area contributed by atoms with E-state index in [9.17, 15) is 30.6 Å². The highest BCUT2D eigenvalue weighted by molar-refractivity contribution is 4.91. The first-order chi connectivity index (χ1) is 9.73. The Balaban J connectivity index is 2.06. The van der Waals surface area contributed by atoms with Gasteiger partial charge in [-0.15, -0.1) is 0 Å². The number of hydrogen-bond acceptors (Lipinski definition) is 9. The van der Waals surface area contributed by atoms with E-state index in [1.807, 2.05) is 0 Å². The van der Waals surface area contributed by atoms with Gasteiger partial charge in [0.15, 0.2) is 12.6 Å². The van der Waals surface area contributed by atoms with Gasteiger partial charge in [-0.25, -0.2) is 0 Å². The molecule has 2 fully saturated rings. The van der Waals surface area contributed by atoms with E-state index in [-0.39, 0.29) is 0 Å². The smallest absolute Gasteiger partial charge is 0.187 e. The van der Waals surface area contributed by atoms with Gasteiger partial charge >= 0.3 is 0 Å². The van der Waals surface area contributed by atoms with Crippen molar-refractivity contribution in [1.29, 1.82) is 0 Å². The van der Waals surface area contributed by atoms with Crippen LogP contribution in [0, 0.1) is 0 Å². The van der Waals surface area contributed by atoms with Crippen molar-refractivity contribution >= 4 is 0 Å². The minimum absolute atomic E-state index is 0.793. The Kier molecular flexibility index (Phi) is 5.19. The largest absolute Gasteiger partial charge is 0.388 e. The van der Waals surface area contributed by atoms with Crippen LogP contribution in [0.1, 0.15) is 13.8 Å². The van der Waals surface area contributed by atoms with Gasteiger partial charge in [-0.05, 0) is 13.8 Å². The predicted octanol–water partition coefficient (Wildman–Crippen LogP) is -3.34. The fraction of sp³-hybridized carbons (Fsp3) is 1.00. The van der Waals surface area contributed by atoms with E-state index in [1.54, 1.807) is 0 Å². The Morgan fingerprint density at radius 2 is 1.19 bits per heavy atom. The minimum atomic E-state index is -1.58. The van der Waals surface area contributed by atoms with Crippen molar-refractivity contribution in [2.24, 2.45) is 0 Å². The summed E-state index contributed by atoms with van der Waals surface area (Å²) in [6.45, 7) is 2.94. The molecule has 0 aliphatic carbocycles. The lowest BCUT2D eigenvalue weighted by atomic mass is 9.98. The normalized spacial score (nSPS) is 55.4. The van der Waals surface area contributed by atoms with E-state index < -0.39 is 61.4 Å². The number of aliphatic hydroxyl groups excluding tert-OH is 6. The minimum Gasteiger partial charge on any atom is -0.388 e. The summed E-state index contributed by atoms with van der Waals surface area (Å²) >= 11 is 0. The van der Waals surface area contributed by atoms with Crippen LogP contribution in [0.5, 0.6) is 0 Å². The van der Waals surface area contributed by atoms with Gasteiger partial charge in [-0.2, -0.15) is 0 Å². The van der Waals surface area contributed by atoms with Crippen LogP contribution in [-0.2, 0) is 14.2 Å². The van der Waals surface area contributed by atoms with Crippen LogP contribution < -0.4 is 0 Å². The fourth-order valence-electron chi connectivity index (χ4n) is 2.45. The zero-order chi connectivity index (χ0) is 15.9. The maximum atomic E-state index is 9.91. The molecule has 0 amide bonds. The quantitative estimate of drug-likeness (QED) is 0.308. The molecule has 0 unspecified atom stereocenters. The summed E-state index contributed by atoms with van der Waals surface area (Å²) < 4.78 is 15.5. The number of rotatable bonds is 2. The SMILES string of the molecule is C[C@@H]1O[C@H](O)[C@H](O[C@H]2O[C@@H](C)[C@@H](O)[C@@H](O)[C@@H]2O)[C@H](O)[C@H]1O. The van der Waals surface area contributed by atoms with Crippen LogP contribution in [-0.4, -0.2) is 92.1 Å². The summed E-state index contributed by atoms with van der Waals surface area (Å²) in [5, 5.41) is 58.5. The summed E-state index contributed by atoms with van der Waals surface area (Å²) in [6, 6.07) is 0. The van der Waals surface area contributed by atoms with Gasteiger partial charge in [0, 0.05) is 0 Å². The highest BCUT2D eigenvalue weighted by Crippen LogP contribution is 2.28. The monoisotopic (exact) mass is 310 g/mol. The highest BCUT2D eigenvalue weighted by atomic mass is 16.7. The summed E-state index contributed by atoms with van der Waals surface area (Å²) in [6.07, 6.45) is -13.0. The number of aliphatic hydroxyl groups is 6. The van der Waals surface area contributed by atoms with Crippen LogP contribution in [0.2, 0.25) is 0 Å². The molecule has 2 aliphatic heterocycles. The van der Waals surface area contributed by atoms with Crippen molar-refractivity contribution in [3.05, 3.63) is 0 Å². The molecule has 2 saturated heterocycles. The molecule has 9 nitrogen and oxygen atoms in total. The van der Waals surface area contributed by atoms with Gasteiger partial charge in [0.25, 0.3) is 0 Å². The fourth-order valence-corrected chi connectivity index (χ4v) is 2.45. The van der Waals surface area contributed by atoms with E-state index in [0.717, 1.165) is 0 Å². The first-order valence-electron chi connectivity index (χ1n) is 6.78. The van der Waals surface area contributed by atoms with Gasteiger partial charge in [-0.1, -0.05) is 0 Å². The van der Waals surface area contributed by atoms with Crippen molar-refractivity contribution in [3.8, 4) is 0 Å². The Hall–Kier alpha value is -0.360. The van der Waals surface area contributed by atoms with Crippen LogP contribution >= 0.6 is 0 Å². The molecular weight excluding hydrogens is 288 g/mol. The van der Waals surface area contributed by atoms with Crippen molar-refractivity contribution in [2.45, 2.75) is 75.3 Å². The maximum Gasteiger partial charge on any atom is 0.187 e. The Morgan fingerprint density at radius 1 is 0.667 bits per heavy atom. The lowest BCUT2D eigenvalue weighted by molar-refractivity contribution is -0.356. The molecule has 0 aromatic heterocycles. The second kappa shape index (κ2) is 6.41. The van der Waals surface area contributed by atoms with E-state index in [2.05, 4.69) is 0 Å². The molecule has 2 aliphatic rings. The average Bonchev–Trinajstić information content (AvgIpc) is 2.44. The molecule has 0 radical (unpaired) electrons. The van der Waals surface area contributed by atoms with Crippen LogP contribution in [0.25, 0.3) is 0 Å². The Morgan fingerprint density at radius 3 is 1.81 bits per heavy atom. The first-order valence-corrected chi connectivity index (χ1v) is 6.78. The summed E-state index contributed by atoms with van der Waals surface area (Å²) in [5.41, 5.74) is 0. The van der Waals surface area contributed by atoms with E-state index in [1.165, 1.54) is 13.8 Å². The summed E-state index contributed by atoms with van der Waals surface area (Å²) in [5.74, 6) is 0. The molecule has 0 bridgehead atoms. The van der Waals surface area contributed by atoms with Crippen LogP contribution in [0.3, 0.4) is 0 Å². The standard InChI is InChI=1S/C12H22O9/c1-3-6(14)8(16)10(11(18)19-3)21-12-9(17)7(15)5(13)4(2)20-12/h3-18H,1-2H3/t3-,4-,5+,6-,7+,8+,9-,10+,11-,12+/m0/s1. The zero-order valence-corrected chi connectivity index (χ0v) is 11.7. The molecule has 124 valence electrons. The summed E-state index contributed by atoms with van der Waals surface area (Å²) in [4.78, 5) is 0. The van der Waals surface area contributed by atoms with E-state index in [4.69, 9.17) is 14.2 Å². The van der Waals surface area contributed by atoms with Crippen LogP contribution in [0.15, 0.2) is 0 Å². The van der Waals surface area contributed by atoms with Gasteiger partial charge in [0.2, 0.25) is 0 Å². The molecule has 2 rings (SSSR count). The van der Waals surface area contributed by atoms with Crippen molar-refractivity contribution < 1.29 is 44.8 Å². The molecule has 0 spiro atoms.